The molecule has 0 rings (SSSR count). The van der Waals surface area contributed by atoms with Gasteiger partial charge in [-0.25, -0.2) is 14.4 Å². The first-order valence-corrected chi connectivity index (χ1v) is 12.5. The number of nitrogens with zero attached hydrogens (tertiary/aromatic N) is 1. The van der Waals surface area contributed by atoms with E-state index < -0.39 is 42.0 Å². The number of quaternary nitrogens is 1. The molecular formula is C25H46NO6+. The van der Waals surface area contributed by atoms with Crippen molar-refractivity contribution in [3.8, 4) is 0 Å². The molecule has 7 nitrogen and oxygen atoms in total. The van der Waals surface area contributed by atoms with Gasteiger partial charge in [-0.1, -0.05) is 89.7 Å². The van der Waals surface area contributed by atoms with Gasteiger partial charge in [-0.05, 0) is 19.3 Å². The predicted molar refractivity (Wildman–Crippen MR) is 127 cm³/mol. The molecule has 0 aliphatic rings. The second kappa shape index (κ2) is 19.8. The van der Waals surface area contributed by atoms with Gasteiger partial charge < -0.3 is 15.3 Å². The van der Waals surface area contributed by atoms with E-state index in [9.17, 15) is 14.4 Å². The summed E-state index contributed by atoms with van der Waals surface area (Å²) < 4.78 is -0.466. The van der Waals surface area contributed by atoms with E-state index in [4.69, 9.17) is 15.3 Å². The molecule has 0 aromatic heterocycles. The standard InChI is InChI=1S/C25H45NO6/c1-2-3-4-5-6-7-8-9-10-11-12-13-14-15-16-17-18-19-26(20-23(27)28,21-24(29)30)22-25(31)32/h15-16H,2-14,17-22H2,1H3,(H2-,27,28,29,30,31,32)/p+1/b16-15+. The number of rotatable bonds is 23. The van der Waals surface area contributed by atoms with Crippen LogP contribution in [0.2, 0.25) is 0 Å². The van der Waals surface area contributed by atoms with Crippen molar-refractivity contribution in [3.63, 3.8) is 0 Å². The van der Waals surface area contributed by atoms with Crippen LogP contribution in [0.25, 0.3) is 0 Å². The fourth-order valence-electron chi connectivity index (χ4n) is 4.15. The Morgan fingerprint density at radius 1 is 0.562 bits per heavy atom. The maximum absolute atomic E-state index is 11.1. The largest absolute Gasteiger partial charge is 0.477 e. The van der Waals surface area contributed by atoms with Gasteiger partial charge in [-0.15, -0.1) is 0 Å². The zero-order chi connectivity index (χ0) is 24.1. The first-order valence-electron chi connectivity index (χ1n) is 12.5. The molecule has 7 heteroatoms. The van der Waals surface area contributed by atoms with Crippen LogP contribution < -0.4 is 0 Å². The van der Waals surface area contributed by atoms with Crippen LogP contribution in [-0.2, 0) is 14.4 Å². The molecule has 0 aliphatic heterocycles. The molecule has 0 aromatic rings. The summed E-state index contributed by atoms with van der Waals surface area (Å²) in [4.78, 5) is 33.4. The van der Waals surface area contributed by atoms with Gasteiger partial charge in [0.2, 0.25) is 0 Å². The molecule has 0 atom stereocenters. The van der Waals surface area contributed by atoms with Gasteiger partial charge in [-0.2, -0.15) is 0 Å². The summed E-state index contributed by atoms with van der Waals surface area (Å²) in [5, 5.41) is 27.3. The van der Waals surface area contributed by atoms with E-state index in [1.165, 1.54) is 70.6 Å². The zero-order valence-corrected chi connectivity index (χ0v) is 20.1. The predicted octanol–water partition coefficient (Wildman–Crippen LogP) is 5.48. The van der Waals surface area contributed by atoms with Crippen molar-refractivity contribution in [1.82, 2.24) is 0 Å². The van der Waals surface area contributed by atoms with Gasteiger partial charge in [0.1, 0.15) is 0 Å². The molecule has 0 radical (unpaired) electrons. The molecule has 186 valence electrons. The van der Waals surface area contributed by atoms with Crippen molar-refractivity contribution < 1.29 is 34.2 Å². The molecule has 0 saturated carbocycles. The summed E-state index contributed by atoms with van der Waals surface area (Å²) in [5.74, 6) is -3.56. The molecule has 0 fully saturated rings. The van der Waals surface area contributed by atoms with E-state index in [0.29, 0.717) is 12.8 Å². The summed E-state index contributed by atoms with van der Waals surface area (Å²) in [7, 11) is 0. The number of aliphatic carboxylic acids is 3. The number of allylic oxidation sites excluding steroid dienone is 2. The van der Waals surface area contributed by atoms with Crippen molar-refractivity contribution in [3.05, 3.63) is 12.2 Å². The van der Waals surface area contributed by atoms with E-state index in [0.717, 1.165) is 12.8 Å². The third-order valence-electron chi connectivity index (χ3n) is 5.81. The van der Waals surface area contributed by atoms with Crippen molar-refractivity contribution in [2.45, 2.75) is 103 Å². The number of hydrogen-bond donors (Lipinski definition) is 3. The lowest BCUT2D eigenvalue weighted by molar-refractivity contribution is -0.907. The maximum Gasteiger partial charge on any atom is 0.359 e. The highest BCUT2D eigenvalue weighted by Crippen LogP contribution is 2.13. The van der Waals surface area contributed by atoms with Gasteiger partial charge in [0.15, 0.2) is 19.6 Å². The number of carbonyl (C=O) groups is 3. The Kier molecular flexibility index (Phi) is 18.6. The monoisotopic (exact) mass is 456 g/mol. The van der Waals surface area contributed by atoms with Gasteiger partial charge in [0.25, 0.3) is 0 Å². The third kappa shape index (κ3) is 18.8. The van der Waals surface area contributed by atoms with Crippen LogP contribution in [0, 0.1) is 0 Å². The summed E-state index contributed by atoms with van der Waals surface area (Å²) in [6.45, 7) is 0.968. The highest BCUT2D eigenvalue weighted by Gasteiger charge is 2.35. The summed E-state index contributed by atoms with van der Waals surface area (Å²) >= 11 is 0. The summed E-state index contributed by atoms with van der Waals surface area (Å²) in [6.07, 6.45) is 22.3. The first kappa shape index (κ1) is 30.1. The second-order valence-corrected chi connectivity index (χ2v) is 9.01. The van der Waals surface area contributed by atoms with E-state index in [1.807, 2.05) is 6.08 Å². The van der Waals surface area contributed by atoms with Gasteiger partial charge >= 0.3 is 17.9 Å². The van der Waals surface area contributed by atoms with Crippen LogP contribution in [-0.4, -0.2) is 63.9 Å². The van der Waals surface area contributed by atoms with Crippen molar-refractivity contribution in [2.24, 2.45) is 0 Å². The van der Waals surface area contributed by atoms with Crippen LogP contribution in [0.1, 0.15) is 103 Å². The number of unbranched alkanes of at least 4 members (excludes halogenated alkanes) is 13. The summed E-state index contributed by atoms with van der Waals surface area (Å²) in [5.41, 5.74) is 0. The van der Waals surface area contributed by atoms with E-state index in [-0.39, 0.29) is 6.54 Å². The van der Waals surface area contributed by atoms with Crippen molar-refractivity contribution >= 4 is 17.9 Å². The topological polar surface area (TPSA) is 112 Å². The summed E-state index contributed by atoms with van der Waals surface area (Å²) in [6, 6.07) is 0. The zero-order valence-electron chi connectivity index (χ0n) is 20.1. The minimum Gasteiger partial charge on any atom is -0.477 e. The second-order valence-electron chi connectivity index (χ2n) is 9.01. The lowest BCUT2D eigenvalue weighted by Gasteiger charge is -2.34. The average Bonchev–Trinajstić information content (AvgIpc) is 2.68. The molecule has 0 heterocycles. The van der Waals surface area contributed by atoms with Crippen molar-refractivity contribution in [2.75, 3.05) is 26.2 Å². The highest BCUT2D eigenvalue weighted by molar-refractivity contribution is 5.73. The highest BCUT2D eigenvalue weighted by atomic mass is 16.4. The van der Waals surface area contributed by atoms with E-state index in [2.05, 4.69) is 13.0 Å². The average molecular weight is 457 g/mol. The first-order chi connectivity index (χ1) is 15.3. The van der Waals surface area contributed by atoms with Gasteiger partial charge in [0, 0.05) is 6.42 Å². The van der Waals surface area contributed by atoms with Gasteiger partial charge in [0.05, 0.1) is 6.54 Å². The van der Waals surface area contributed by atoms with Crippen molar-refractivity contribution in [1.29, 1.82) is 0 Å². The molecular weight excluding hydrogens is 410 g/mol. The Morgan fingerprint density at radius 3 is 1.28 bits per heavy atom. The van der Waals surface area contributed by atoms with Gasteiger partial charge in [-0.3, -0.25) is 4.48 Å². The van der Waals surface area contributed by atoms with E-state index >= 15 is 0 Å². The molecule has 0 aromatic carbocycles. The molecule has 32 heavy (non-hydrogen) atoms. The van der Waals surface area contributed by atoms with Crippen LogP contribution in [0.4, 0.5) is 0 Å². The van der Waals surface area contributed by atoms with Crippen LogP contribution in [0.15, 0.2) is 12.2 Å². The molecule has 3 N–H and O–H groups in total. The Morgan fingerprint density at radius 2 is 0.906 bits per heavy atom. The minimum atomic E-state index is -1.19. The molecule has 0 unspecified atom stereocenters. The SMILES string of the molecule is CCCCCCCCCCCCCC/C=C/CCC[N+](CC(=O)O)(CC(=O)O)CC(=O)O. The van der Waals surface area contributed by atoms with Crippen LogP contribution in [0.3, 0.4) is 0 Å². The number of carboxylic acids is 3. The molecule has 0 saturated heterocycles. The molecule has 0 amide bonds. The molecule has 0 spiro atoms. The van der Waals surface area contributed by atoms with Crippen LogP contribution in [0.5, 0.6) is 0 Å². The number of carboxylic acid groups (broad SMARTS) is 3. The Hall–Kier alpha value is -1.89. The molecule has 0 aliphatic carbocycles. The number of hydrogen-bond acceptors (Lipinski definition) is 3. The quantitative estimate of drug-likeness (QED) is 0.107. The van der Waals surface area contributed by atoms with Crippen LogP contribution >= 0.6 is 0 Å². The molecule has 0 bridgehead atoms. The smallest absolute Gasteiger partial charge is 0.359 e. The lowest BCUT2D eigenvalue weighted by atomic mass is 10.0. The Balaban J connectivity index is 3.90. The van der Waals surface area contributed by atoms with E-state index in [1.54, 1.807) is 0 Å². The normalized spacial score (nSPS) is 11.8. The minimum absolute atomic E-state index is 0.216. The Labute approximate surface area is 194 Å². The maximum atomic E-state index is 11.1. The third-order valence-corrected chi connectivity index (χ3v) is 5.81. The lowest BCUT2D eigenvalue weighted by Crippen LogP contribution is -2.57. The fourth-order valence-corrected chi connectivity index (χ4v) is 4.15. The fraction of sp³-hybridized carbons (Fsp3) is 0.800. The Bertz CT molecular complexity index is 506.